The second-order valence-electron chi connectivity index (χ2n) is 3.83. The molecular formula is C11H15N3O. The fraction of sp³-hybridized carbons (Fsp3) is 0.455. The van der Waals surface area contributed by atoms with Crippen molar-refractivity contribution in [2.24, 2.45) is 5.73 Å². The first-order chi connectivity index (χ1) is 7.27. The van der Waals surface area contributed by atoms with E-state index in [1.165, 1.54) is 0 Å². The first kappa shape index (κ1) is 10.1. The van der Waals surface area contributed by atoms with E-state index in [1.807, 2.05) is 18.2 Å². The first-order valence-corrected chi connectivity index (χ1v) is 5.21. The van der Waals surface area contributed by atoms with Gasteiger partial charge >= 0.3 is 0 Å². The molecule has 15 heavy (non-hydrogen) atoms. The third-order valence-electron chi connectivity index (χ3n) is 2.65. The van der Waals surface area contributed by atoms with Crippen LogP contribution in [0.4, 0.5) is 0 Å². The van der Waals surface area contributed by atoms with E-state index >= 15 is 0 Å². The van der Waals surface area contributed by atoms with Crippen LogP contribution in [0.1, 0.15) is 18.5 Å². The van der Waals surface area contributed by atoms with Gasteiger partial charge in [-0.15, -0.1) is 0 Å². The van der Waals surface area contributed by atoms with Crippen molar-refractivity contribution in [2.75, 3.05) is 6.54 Å². The van der Waals surface area contributed by atoms with Gasteiger partial charge in [-0.25, -0.2) is 0 Å². The fourth-order valence-electron chi connectivity index (χ4n) is 1.81. The van der Waals surface area contributed by atoms with Crippen molar-refractivity contribution in [3.63, 3.8) is 0 Å². The summed E-state index contributed by atoms with van der Waals surface area (Å²) in [6.07, 6.45) is 3.53. The van der Waals surface area contributed by atoms with Crippen LogP contribution >= 0.6 is 0 Å². The molecule has 0 spiro atoms. The maximum absolute atomic E-state index is 11.7. The number of carbonyl (C=O) groups is 1. The lowest BCUT2D eigenvalue weighted by Crippen LogP contribution is -2.47. The topological polar surface area (TPSA) is 59.2 Å². The Kier molecular flexibility index (Phi) is 2.97. The van der Waals surface area contributed by atoms with Crippen LogP contribution in [0.5, 0.6) is 0 Å². The number of likely N-dealkylation sites (tertiary alicyclic amines) is 1. The minimum absolute atomic E-state index is 0.0481. The zero-order chi connectivity index (χ0) is 10.7. The number of aromatic nitrogens is 1. The maximum atomic E-state index is 11.7. The van der Waals surface area contributed by atoms with E-state index in [0.29, 0.717) is 6.54 Å². The molecule has 80 valence electrons. The van der Waals surface area contributed by atoms with Crippen LogP contribution < -0.4 is 5.73 Å². The molecule has 2 heterocycles. The lowest BCUT2D eigenvalue weighted by atomic mass is 10.1. The van der Waals surface area contributed by atoms with Gasteiger partial charge in [-0.1, -0.05) is 6.07 Å². The highest BCUT2D eigenvalue weighted by molar-refractivity contribution is 5.82. The minimum atomic E-state index is -0.317. The van der Waals surface area contributed by atoms with Crippen molar-refractivity contribution in [1.29, 1.82) is 0 Å². The molecule has 1 aromatic rings. The molecule has 1 amide bonds. The molecular weight excluding hydrogens is 190 g/mol. The summed E-state index contributed by atoms with van der Waals surface area (Å²) in [6.45, 7) is 1.37. The SMILES string of the molecule is N[C@H]1CCCN(Cc2ccccn2)C1=O. The zero-order valence-corrected chi connectivity index (χ0v) is 8.60. The molecule has 0 radical (unpaired) electrons. The minimum Gasteiger partial charge on any atom is -0.335 e. The molecule has 0 bridgehead atoms. The summed E-state index contributed by atoms with van der Waals surface area (Å²) in [5, 5.41) is 0. The molecule has 0 unspecified atom stereocenters. The number of nitrogens with zero attached hydrogens (tertiary/aromatic N) is 2. The normalized spacial score (nSPS) is 21.8. The summed E-state index contributed by atoms with van der Waals surface area (Å²) in [4.78, 5) is 17.7. The first-order valence-electron chi connectivity index (χ1n) is 5.21. The zero-order valence-electron chi connectivity index (χ0n) is 8.60. The molecule has 2 N–H and O–H groups in total. The monoisotopic (exact) mass is 205 g/mol. The van der Waals surface area contributed by atoms with Crippen LogP contribution in [0.3, 0.4) is 0 Å². The number of carbonyl (C=O) groups excluding carboxylic acids is 1. The Labute approximate surface area is 89.1 Å². The highest BCUT2D eigenvalue weighted by atomic mass is 16.2. The van der Waals surface area contributed by atoms with E-state index in [2.05, 4.69) is 4.98 Å². The second kappa shape index (κ2) is 4.40. The highest BCUT2D eigenvalue weighted by Crippen LogP contribution is 2.12. The molecule has 4 heteroatoms. The molecule has 0 saturated carbocycles. The van der Waals surface area contributed by atoms with Crippen LogP contribution in [-0.4, -0.2) is 28.4 Å². The van der Waals surface area contributed by atoms with E-state index < -0.39 is 0 Å². The molecule has 2 rings (SSSR count). The molecule has 1 atom stereocenters. The van der Waals surface area contributed by atoms with Crippen LogP contribution in [0.2, 0.25) is 0 Å². The van der Waals surface area contributed by atoms with Crippen molar-refractivity contribution >= 4 is 5.91 Å². The van der Waals surface area contributed by atoms with Gasteiger partial charge in [-0.05, 0) is 25.0 Å². The molecule has 4 nitrogen and oxygen atoms in total. The number of nitrogens with two attached hydrogens (primary N) is 1. The molecule has 1 aromatic heterocycles. The number of hydrogen-bond donors (Lipinski definition) is 1. The van der Waals surface area contributed by atoms with Gasteiger partial charge in [0.25, 0.3) is 0 Å². The van der Waals surface area contributed by atoms with Crippen molar-refractivity contribution in [2.45, 2.75) is 25.4 Å². The molecule has 1 aliphatic heterocycles. The van der Waals surface area contributed by atoms with Gasteiger partial charge in [-0.3, -0.25) is 9.78 Å². The number of amides is 1. The number of rotatable bonds is 2. The van der Waals surface area contributed by atoms with Crippen molar-refractivity contribution in [3.05, 3.63) is 30.1 Å². The van der Waals surface area contributed by atoms with Crippen LogP contribution in [0, 0.1) is 0 Å². The second-order valence-corrected chi connectivity index (χ2v) is 3.83. The molecule has 1 saturated heterocycles. The number of pyridine rings is 1. The summed E-state index contributed by atoms with van der Waals surface area (Å²) in [7, 11) is 0. The van der Waals surface area contributed by atoms with E-state index in [0.717, 1.165) is 25.1 Å². The quantitative estimate of drug-likeness (QED) is 0.766. The Balaban J connectivity index is 2.03. The largest absolute Gasteiger partial charge is 0.335 e. The van der Waals surface area contributed by atoms with E-state index in [4.69, 9.17) is 5.73 Å². The molecule has 0 aromatic carbocycles. The van der Waals surface area contributed by atoms with Gasteiger partial charge in [0.2, 0.25) is 5.91 Å². The predicted octanol–water partition coefficient (Wildman–Crippen LogP) is 0.531. The van der Waals surface area contributed by atoms with E-state index in [-0.39, 0.29) is 11.9 Å². The lowest BCUT2D eigenvalue weighted by Gasteiger charge is -2.30. The third-order valence-corrected chi connectivity index (χ3v) is 2.65. The number of hydrogen-bond acceptors (Lipinski definition) is 3. The summed E-state index contributed by atoms with van der Waals surface area (Å²) in [6, 6.07) is 5.40. The summed E-state index contributed by atoms with van der Waals surface area (Å²) in [5.41, 5.74) is 6.63. The fourth-order valence-corrected chi connectivity index (χ4v) is 1.81. The average Bonchev–Trinajstić information content (AvgIpc) is 2.26. The van der Waals surface area contributed by atoms with Crippen LogP contribution in [-0.2, 0) is 11.3 Å². The average molecular weight is 205 g/mol. The highest BCUT2D eigenvalue weighted by Gasteiger charge is 2.25. The Morgan fingerprint density at radius 3 is 3.13 bits per heavy atom. The predicted molar refractivity (Wildman–Crippen MR) is 56.9 cm³/mol. The smallest absolute Gasteiger partial charge is 0.239 e. The molecule has 1 fully saturated rings. The Morgan fingerprint density at radius 1 is 1.53 bits per heavy atom. The Bertz CT molecular complexity index is 339. The van der Waals surface area contributed by atoms with E-state index in [9.17, 15) is 4.79 Å². The van der Waals surface area contributed by atoms with Gasteiger partial charge in [0.05, 0.1) is 18.3 Å². The van der Waals surface area contributed by atoms with Crippen LogP contribution in [0.25, 0.3) is 0 Å². The number of piperidine rings is 1. The van der Waals surface area contributed by atoms with Crippen molar-refractivity contribution < 1.29 is 4.79 Å². The summed E-state index contributed by atoms with van der Waals surface area (Å²) < 4.78 is 0. The lowest BCUT2D eigenvalue weighted by molar-refractivity contribution is -0.135. The van der Waals surface area contributed by atoms with E-state index in [1.54, 1.807) is 11.1 Å². The Morgan fingerprint density at radius 2 is 2.40 bits per heavy atom. The van der Waals surface area contributed by atoms with Crippen molar-refractivity contribution in [3.8, 4) is 0 Å². The van der Waals surface area contributed by atoms with Gasteiger partial charge in [0.15, 0.2) is 0 Å². The van der Waals surface area contributed by atoms with Gasteiger partial charge in [0, 0.05) is 12.7 Å². The van der Waals surface area contributed by atoms with Gasteiger partial charge in [-0.2, -0.15) is 0 Å². The van der Waals surface area contributed by atoms with Gasteiger partial charge < -0.3 is 10.6 Å². The third kappa shape index (κ3) is 2.33. The van der Waals surface area contributed by atoms with Crippen molar-refractivity contribution in [1.82, 2.24) is 9.88 Å². The molecule has 0 aliphatic carbocycles. The van der Waals surface area contributed by atoms with Gasteiger partial charge in [0.1, 0.15) is 0 Å². The maximum Gasteiger partial charge on any atom is 0.239 e. The standard InChI is InChI=1S/C11H15N3O/c12-10-5-3-7-14(11(10)15)8-9-4-1-2-6-13-9/h1-2,4,6,10H,3,5,7-8,12H2/t10-/m0/s1. The summed E-state index contributed by atoms with van der Waals surface area (Å²) >= 11 is 0. The van der Waals surface area contributed by atoms with Crippen LogP contribution in [0.15, 0.2) is 24.4 Å². The Hall–Kier alpha value is -1.42. The molecule has 1 aliphatic rings. The summed E-state index contributed by atoms with van der Waals surface area (Å²) in [5.74, 6) is 0.0481.